The van der Waals surface area contributed by atoms with Crippen LogP contribution in [0.4, 0.5) is 0 Å². The van der Waals surface area contributed by atoms with Crippen molar-refractivity contribution in [1.82, 2.24) is 19.9 Å². The van der Waals surface area contributed by atoms with E-state index in [9.17, 15) is 0 Å². The Morgan fingerprint density at radius 3 is 1.71 bits per heavy atom. The summed E-state index contributed by atoms with van der Waals surface area (Å²) in [6.45, 7) is 0. The number of nitrogens with zero attached hydrogens (tertiary/aromatic N) is 2. The van der Waals surface area contributed by atoms with E-state index < -0.39 is 0 Å². The third-order valence-corrected chi connectivity index (χ3v) is 10.2. The summed E-state index contributed by atoms with van der Waals surface area (Å²) in [5.41, 5.74) is 9.55. The standard InChI is InChI=1S/C26H14Br4N4.Pd/c27-22-12-21(24(28)26(30)25(22)29)20-10-19-9-17-4-3-15(32-17)7-13-1-2-14(31-13)8-16-5-6-18(33-16)11-23(20)34-19;/h1-12,32-33H;. The molecule has 176 valence electrons. The number of hydrogen-bond donors (Lipinski definition) is 2. The minimum absolute atomic E-state index is 0. The monoisotopic (exact) mass is 804 g/mol. The molecular weight excluding hydrogens is 794 g/mol. The third kappa shape index (κ3) is 5.00. The number of aromatic amines is 2. The second-order valence-electron chi connectivity index (χ2n) is 7.94. The number of halogens is 4. The van der Waals surface area contributed by atoms with Crippen LogP contribution in [-0.2, 0) is 20.4 Å². The first-order chi connectivity index (χ1) is 16.4. The van der Waals surface area contributed by atoms with Gasteiger partial charge in [0.05, 0.1) is 22.8 Å². The maximum absolute atomic E-state index is 4.97. The van der Waals surface area contributed by atoms with E-state index in [0.29, 0.717) is 0 Å². The normalized spacial score (nSPS) is 12.4. The minimum atomic E-state index is 0. The first kappa shape index (κ1) is 25.1. The molecule has 2 aliphatic rings. The number of aromatic nitrogens is 4. The summed E-state index contributed by atoms with van der Waals surface area (Å²) in [5.74, 6) is 0. The summed E-state index contributed by atoms with van der Waals surface area (Å²) in [5, 5.41) is 0. The number of benzene rings is 1. The molecule has 0 spiro atoms. The topological polar surface area (TPSA) is 57.4 Å². The average Bonchev–Trinajstić information content (AvgIpc) is 3.60. The zero-order valence-corrected chi connectivity index (χ0v) is 25.5. The van der Waals surface area contributed by atoms with Crippen molar-refractivity contribution in [2.45, 2.75) is 0 Å². The van der Waals surface area contributed by atoms with Crippen LogP contribution in [0.5, 0.6) is 0 Å². The SMILES string of the molecule is Brc1cc(C2=Cc3cc4ccc(cc5nc(cc6ccc(cc2n3)[nH]6)C=C5)[nH]4)c(Br)c(Br)c1Br.[Pd]. The van der Waals surface area contributed by atoms with Gasteiger partial charge in [-0.3, -0.25) is 0 Å². The zero-order chi connectivity index (χ0) is 23.4. The molecule has 0 saturated carbocycles. The Balaban J connectivity index is 0.00000253. The predicted molar refractivity (Wildman–Crippen MR) is 154 cm³/mol. The molecule has 0 atom stereocenters. The van der Waals surface area contributed by atoms with Crippen LogP contribution in [0.25, 0.3) is 45.9 Å². The summed E-state index contributed by atoms with van der Waals surface area (Å²) < 4.78 is 3.80. The van der Waals surface area contributed by atoms with Crippen molar-refractivity contribution in [2.24, 2.45) is 0 Å². The van der Waals surface area contributed by atoms with Crippen LogP contribution in [0.1, 0.15) is 28.3 Å². The molecule has 2 N–H and O–H groups in total. The molecule has 0 saturated heterocycles. The Bertz CT molecular complexity index is 1720. The maximum atomic E-state index is 4.97. The van der Waals surface area contributed by atoms with E-state index >= 15 is 0 Å². The van der Waals surface area contributed by atoms with Crippen LogP contribution in [0.3, 0.4) is 0 Å². The Morgan fingerprint density at radius 1 is 0.571 bits per heavy atom. The molecule has 9 heteroatoms. The Hall–Kier alpha value is -1.60. The molecular formula is C26H14Br4N4Pd. The molecule has 35 heavy (non-hydrogen) atoms. The fourth-order valence-corrected chi connectivity index (χ4v) is 6.22. The molecule has 1 aromatic carbocycles. The molecule has 4 nitrogen and oxygen atoms in total. The van der Waals surface area contributed by atoms with Crippen molar-refractivity contribution in [3.63, 3.8) is 0 Å². The van der Waals surface area contributed by atoms with Gasteiger partial charge in [-0.05, 0) is 137 Å². The van der Waals surface area contributed by atoms with Crippen molar-refractivity contribution in [3.8, 4) is 0 Å². The number of rotatable bonds is 1. The van der Waals surface area contributed by atoms with Crippen molar-refractivity contribution < 1.29 is 20.4 Å². The van der Waals surface area contributed by atoms with E-state index in [4.69, 9.17) is 9.97 Å². The Kier molecular flexibility index (Phi) is 7.19. The molecule has 0 amide bonds. The van der Waals surface area contributed by atoms with Gasteiger partial charge in [-0.25, -0.2) is 9.97 Å². The molecule has 0 fully saturated rings. The summed E-state index contributed by atoms with van der Waals surface area (Å²) in [6.07, 6.45) is 6.16. The zero-order valence-electron chi connectivity index (χ0n) is 17.7. The van der Waals surface area contributed by atoms with Crippen molar-refractivity contribution in [2.75, 3.05) is 0 Å². The van der Waals surface area contributed by atoms with Gasteiger partial charge in [0, 0.05) is 71.5 Å². The number of H-pyrrole nitrogens is 2. The van der Waals surface area contributed by atoms with Crippen molar-refractivity contribution in [3.05, 3.63) is 101 Å². The molecule has 3 aromatic heterocycles. The van der Waals surface area contributed by atoms with E-state index in [2.05, 4.69) is 122 Å². The predicted octanol–water partition coefficient (Wildman–Crippen LogP) is 9.12. The largest absolute Gasteiger partial charge is 0.355 e. The van der Waals surface area contributed by atoms with Gasteiger partial charge in [-0.15, -0.1) is 0 Å². The first-order valence-corrected chi connectivity index (χ1v) is 13.5. The van der Waals surface area contributed by atoms with Crippen LogP contribution >= 0.6 is 63.7 Å². The molecule has 5 heterocycles. The van der Waals surface area contributed by atoms with Gasteiger partial charge in [0.1, 0.15) is 0 Å². The van der Waals surface area contributed by atoms with Crippen LogP contribution in [0, 0.1) is 0 Å². The molecule has 0 unspecified atom stereocenters. The second kappa shape index (κ2) is 10.0. The van der Waals surface area contributed by atoms with Gasteiger partial charge in [0.15, 0.2) is 0 Å². The summed E-state index contributed by atoms with van der Waals surface area (Å²) in [7, 11) is 0. The molecule has 0 aliphatic carbocycles. The van der Waals surface area contributed by atoms with Gasteiger partial charge < -0.3 is 9.97 Å². The minimum Gasteiger partial charge on any atom is -0.355 e. The summed E-state index contributed by atoms with van der Waals surface area (Å²) in [6, 6.07) is 18.5. The maximum Gasteiger partial charge on any atom is 0.0737 e. The molecule has 6 rings (SSSR count). The van der Waals surface area contributed by atoms with Crippen LogP contribution < -0.4 is 0 Å². The van der Waals surface area contributed by atoms with E-state index in [1.54, 1.807) is 0 Å². The quantitative estimate of drug-likeness (QED) is 0.0990. The third-order valence-electron chi connectivity index (χ3n) is 5.56. The van der Waals surface area contributed by atoms with Crippen molar-refractivity contribution >= 4 is 110 Å². The van der Waals surface area contributed by atoms with Crippen LogP contribution in [0.2, 0.25) is 0 Å². The molecule has 0 radical (unpaired) electrons. The fourth-order valence-electron chi connectivity index (χ4n) is 4.00. The van der Waals surface area contributed by atoms with E-state index in [-0.39, 0.29) is 20.4 Å². The van der Waals surface area contributed by atoms with E-state index in [1.165, 1.54) is 0 Å². The Morgan fingerprint density at radius 2 is 1.11 bits per heavy atom. The van der Waals surface area contributed by atoms with Gasteiger partial charge in [-0.1, -0.05) is 0 Å². The molecule has 2 aliphatic heterocycles. The first-order valence-electron chi connectivity index (χ1n) is 10.3. The molecule has 4 aromatic rings. The van der Waals surface area contributed by atoms with E-state index in [1.807, 2.05) is 24.3 Å². The smallest absolute Gasteiger partial charge is 0.0737 e. The number of fused-ring (bicyclic) bond motifs is 8. The number of nitrogens with one attached hydrogen (secondary N) is 2. The van der Waals surface area contributed by atoms with Crippen molar-refractivity contribution in [1.29, 1.82) is 0 Å². The fraction of sp³-hybridized carbons (Fsp3) is 0. The van der Waals surface area contributed by atoms with Gasteiger partial charge in [0.2, 0.25) is 0 Å². The van der Waals surface area contributed by atoms with Gasteiger partial charge in [-0.2, -0.15) is 0 Å². The summed E-state index contributed by atoms with van der Waals surface area (Å²) >= 11 is 14.7. The van der Waals surface area contributed by atoms with Crippen LogP contribution in [0.15, 0.2) is 72.5 Å². The summed E-state index contributed by atoms with van der Waals surface area (Å²) in [4.78, 5) is 16.6. The molecule has 8 bridgehead atoms. The average molecular weight is 808 g/mol. The Labute approximate surface area is 248 Å². The number of hydrogen-bond acceptors (Lipinski definition) is 2. The van der Waals surface area contributed by atoms with E-state index in [0.717, 1.165) is 73.9 Å². The van der Waals surface area contributed by atoms with Gasteiger partial charge >= 0.3 is 0 Å². The van der Waals surface area contributed by atoms with Crippen LogP contribution in [-0.4, -0.2) is 19.9 Å². The van der Waals surface area contributed by atoms with Gasteiger partial charge in [0.25, 0.3) is 0 Å². The second-order valence-corrected chi connectivity index (χ2v) is 11.2.